The van der Waals surface area contributed by atoms with Crippen molar-refractivity contribution in [1.29, 1.82) is 0 Å². The Balaban J connectivity index is 1.83. The zero-order valence-corrected chi connectivity index (χ0v) is 10.3. The molecule has 1 unspecified atom stereocenters. The van der Waals surface area contributed by atoms with E-state index in [-0.39, 0.29) is 6.61 Å². The first-order valence-corrected chi connectivity index (χ1v) is 6.06. The van der Waals surface area contributed by atoms with Crippen LogP contribution in [0.1, 0.15) is 18.4 Å². The first-order chi connectivity index (χ1) is 9.15. The fourth-order valence-electron chi connectivity index (χ4n) is 1.88. The van der Waals surface area contributed by atoms with E-state index in [0.717, 1.165) is 5.56 Å². The number of carboxylic acid groups (broad SMARTS) is 1. The third-order valence-corrected chi connectivity index (χ3v) is 2.88. The molecule has 1 aromatic carbocycles. The third-order valence-electron chi connectivity index (χ3n) is 2.88. The zero-order valence-electron chi connectivity index (χ0n) is 10.3. The molecule has 19 heavy (non-hydrogen) atoms. The van der Waals surface area contributed by atoms with Crippen LogP contribution in [0, 0.1) is 0 Å². The first kappa shape index (κ1) is 13.1. The highest BCUT2D eigenvalue weighted by Crippen LogP contribution is 2.15. The van der Waals surface area contributed by atoms with Crippen LogP contribution in [0.2, 0.25) is 0 Å². The maximum absolute atomic E-state index is 11.6. The van der Waals surface area contributed by atoms with Gasteiger partial charge in [-0.25, -0.2) is 9.59 Å². The molecule has 0 saturated carbocycles. The lowest BCUT2D eigenvalue weighted by Crippen LogP contribution is -2.29. The fourth-order valence-corrected chi connectivity index (χ4v) is 1.88. The van der Waals surface area contributed by atoms with E-state index in [4.69, 9.17) is 9.84 Å². The number of ether oxygens (including phenoxy) is 1. The van der Waals surface area contributed by atoms with Gasteiger partial charge in [0, 0.05) is 11.8 Å². The van der Waals surface area contributed by atoms with Crippen molar-refractivity contribution in [3.8, 4) is 0 Å². The average molecular weight is 261 g/mol. The second-order valence-corrected chi connectivity index (χ2v) is 4.34. The van der Waals surface area contributed by atoms with Gasteiger partial charge in [-0.2, -0.15) is 0 Å². The summed E-state index contributed by atoms with van der Waals surface area (Å²) in [5.74, 6) is -1.36. The molecule has 1 aromatic rings. The average Bonchev–Trinajstić information content (AvgIpc) is 2.86. The lowest BCUT2D eigenvalue weighted by atomic mass is 10.2. The van der Waals surface area contributed by atoms with Crippen LogP contribution in [0.25, 0.3) is 0 Å². The number of nitrogens with one attached hydrogen (secondary N) is 1. The lowest BCUT2D eigenvalue weighted by Gasteiger charge is -2.05. The number of carboxylic acids is 1. The molecule has 0 aromatic heterocycles. The van der Waals surface area contributed by atoms with E-state index in [1.165, 1.54) is 6.08 Å². The van der Waals surface area contributed by atoms with Gasteiger partial charge in [-0.3, -0.25) is 0 Å². The molecule has 1 aliphatic rings. The predicted molar refractivity (Wildman–Crippen MR) is 68.1 cm³/mol. The van der Waals surface area contributed by atoms with Gasteiger partial charge in [0.15, 0.2) is 0 Å². The van der Waals surface area contributed by atoms with Crippen LogP contribution in [-0.2, 0) is 20.9 Å². The van der Waals surface area contributed by atoms with Gasteiger partial charge in [0.1, 0.15) is 12.6 Å². The van der Waals surface area contributed by atoms with Crippen molar-refractivity contribution in [2.75, 3.05) is 0 Å². The molecule has 100 valence electrons. The summed E-state index contributed by atoms with van der Waals surface area (Å²) in [6.07, 6.45) is 2.37. The van der Waals surface area contributed by atoms with Crippen molar-refractivity contribution in [2.24, 2.45) is 0 Å². The molecular formula is C14H15NO4. The Morgan fingerprint density at radius 3 is 2.74 bits per heavy atom. The summed E-state index contributed by atoms with van der Waals surface area (Å²) in [5, 5.41) is 11.6. The quantitative estimate of drug-likeness (QED) is 0.633. The molecule has 1 saturated heterocycles. The van der Waals surface area contributed by atoms with Crippen LogP contribution in [-0.4, -0.2) is 23.1 Å². The molecule has 1 atom stereocenters. The highest BCUT2D eigenvalue weighted by Gasteiger charge is 2.24. The van der Waals surface area contributed by atoms with Crippen LogP contribution >= 0.6 is 0 Å². The molecule has 2 rings (SSSR count). The van der Waals surface area contributed by atoms with Gasteiger partial charge in [0.2, 0.25) is 0 Å². The number of rotatable bonds is 4. The summed E-state index contributed by atoms with van der Waals surface area (Å²) in [6.45, 7) is 0.214. The highest BCUT2D eigenvalue weighted by molar-refractivity contribution is 5.83. The number of esters is 1. The Hall–Kier alpha value is -2.30. The number of hydrogen-bond donors (Lipinski definition) is 2. The van der Waals surface area contributed by atoms with Crippen molar-refractivity contribution in [2.45, 2.75) is 25.5 Å². The van der Waals surface area contributed by atoms with E-state index in [1.807, 2.05) is 30.3 Å². The summed E-state index contributed by atoms with van der Waals surface area (Å²) < 4.78 is 5.08. The van der Waals surface area contributed by atoms with Gasteiger partial charge < -0.3 is 15.2 Å². The Kier molecular flexibility index (Phi) is 4.18. The Morgan fingerprint density at radius 2 is 2.11 bits per heavy atom. The minimum atomic E-state index is -0.902. The Labute approximate surface area is 110 Å². The van der Waals surface area contributed by atoms with Crippen LogP contribution in [0.3, 0.4) is 0 Å². The second-order valence-electron chi connectivity index (χ2n) is 4.34. The van der Waals surface area contributed by atoms with E-state index in [9.17, 15) is 9.59 Å². The Bertz CT molecular complexity index is 495. The molecule has 5 heteroatoms. The smallest absolute Gasteiger partial charge is 0.332 e. The van der Waals surface area contributed by atoms with Crippen LogP contribution in [0.15, 0.2) is 42.1 Å². The van der Waals surface area contributed by atoms with Crippen LogP contribution in [0.4, 0.5) is 0 Å². The van der Waals surface area contributed by atoms with E-state index in [0.29, 0.717) is 18.5 Å². The van der Waals surface area contributed by atoms with Gasteiger partial charge in [0.25, 0.3) is 0 Å². The molecule has 0 aliphatic carbocycles. The molecule has 1 fully saturated rings. The van der Waals surface area contributed by atoms with Crippen molar-refractivity contribution < 1.29 is 19.4 Å². The molecular weight excluding hydrogens is 246 g/mol. The minimum Gasteiger partial charge on any atom is -0.480 e. The molecule has 0 spiro atoms. The van der Waals surface area contributed by atoms with Crippen LogP contribution < -0.4 is 5.32 Å². The molecule has 0 amide bonds. The summed E-state index contributed by atoms with van der Waals surface area (Å²) in [6, 6.07) is 8.77. The largest absolute Gasteiger partial charge is 0.480 e. The van der Waals surface area contributed by atoms with Crippen molar-refractivity contribution >= 4 is 11.9 Å². The zero-order chi connectivity index (χ0) is 13.7. The number of carbonyl (C=O) groups excluding carboxylic acids is 1. The number of benzene rings is 1. The summed E-state index contributed by atoms with van der Waals surface area (Å²) >= 11 is 0. The van der Waals surface area contributed by atoms with E-state index in [2.05, 4.69) is 5.32 Å². The fraction of sp³-hybridized carbons (Fsp3) is 0.286. The summed E-state index contributed by atoms with van der Waals surface area (Å²) in [7, 11) is 0. The van der Waals surface area contributed by atoms with Gasteiger partial charge in [0.05, 0.1) is 0 Å². The molecule has 1 aliphatic heterocycles. The van der Waals surface area contributed by atoms with Gasteiger partial charge in [-0.1, -0.05) is 30.3 Å². The summed E-state index contributed by atoms with van der Waals surface area (Å²) in [4.78, 5) is 22.3. The lowest BCUT2D eigenvalue weighted by molar-refractivity contribution is -0.140. The second kappa shape index (κ2) is 6.04. The normalized spacial score (nSPS) is 20.0. The van der Waals surface area contributed by atoms with Crippen molar-refractivity contribution in [3.05, 3.63) is 47.7 Å². The number of aliphatic carboxylic acids is 1. The van der Waals surface area contributed by atoms with E-state index >= 15 is 0 Å². The van der Waals surface area contributed by atoms with Crippen molar-refractivity contribution in [1.82, 2.24) is 5.32 Å². The van der Waals surface area contributed by atoms with Crippen LogP contribution in [0.5, 0.6) is 0 Å². The monoisotopic (exact) mass is 261 g/mol. The predicted octanol–water partition coefficient (Wildman–Crippen LogP) is 1.45. The standard InChI is InChI=1S/C14H15NO4/c16-13(19-9-10-4-2-1-3-5-10)8-11-6-7-12(15-11)14(17)18/h1-5,8,12,15H,6-7,9H2,(H,17,18)/b11-8-. The maximum Gasteiger partial charge on any atom is 0.332 e. The van der Waals surface area contributed by atoms with E-state index < -0.39 is 18.0 Å². The SMILES string of the molecule is O=C(/C=C1/CCC(C(=O)O)N1)OCc1ccccc1. The van der Waals surface area contributed by atoms with Crippen molar-refractivity contribution in [3.63, 3.8) is 0 Å². The van der Waals surface area contributed by atoms with Gasteiger partial charge >= 0.3 is 11.9 Å². The topological polar surface area (TPSA) is 75.6 Å². The van der Waals surface area contributed by atoms with Gasteiger partial charge in [-0.05, 0) is 18.4 Å². The maximum atomic E-state index is 11.6. The highest BCUT2D eigenvalue weighted by atomic mass is 16.5. The third kappa shape index (κ3) is 3.84. The minimum absolute atomic E-state index is 0.214. The number of carbonyl (C=O) groups is 2. The molecule has 1 heterocycles. The molecule has 0 bridgehead atoms. The van der Waals surface area contributed by atoms with Gasteiger partial charge in [-0.15, -0.1) is 0 Å². The Morgan fingerprint density at radius 1 is 1.37 bits per heavy atom. The van der Waals surface area contributed by atoms with E-state index in [1.54, 1.807) is 0 Å². The first-order valence-electron chi connectivity index (χ1n) is 6.06. The number of hydrogen-bond acceptors (Lipinski definition) is 4. The number of allylic oxidation sites excluding steroid dienone is 1. The molecule has 2 N–H and O–H groups in total. The summed E-state index contributed by atoms with van der Waals surface area (Å²) in [5.41, 5.74) is 1.53. The molecule has 5 nitrogen and oxygen atoms in total. The molecule has 0 radical (unpaired) electrons.